The summed E-state index contributed by atoms with van der Waals surface area (Å²) in [6.45, 7) is 1.27. The third kappa shape index (κ3) is 3.23. The molecule has 0 saturated carbocycles. The maximum Gasteiger partial charge on any atom is 0.339 e. The van der Waals surface area contributed by atoms with Crippen LogP contribution in [0.5, 0.6) is 0 Å². The molecule has 2 heterocycles. The maximum absolute atomic E-state index is 12.5. The molecular weight excluding hydrogens is 346 g/mol. The Morgan fingerprint density at radius 2 is 1.73 bits per heavy atom. The zero-order chi connectivity index (χ0) is 18.0. The van der Waals surface area contributed by atoms with Crippen LogP contribution in [0, 0.1) is 0 Å². The van der Waals surface area contributed by atoms with E-state index in [0.717, 1.165) is 11.3 Å². The molecule has 1 saturated heterocycles. The van der Waals surface area contributed by atoms with Crippen molar-refractivity contribution in [1.82, 2.24) is 4.90 Å². The first-order valence-electron chi connectivity index (χ1n) is 8.96. The van der Waals surface area contributed by atoms with E-state index in [1.165, 1.54) is 4.90 Å². The van der Waals surface area contributed by atoms with E-state index < -0.39 is 5.60 Å². The van der Waals surface area contributed by atoms with E-state index in [-0.39, 0.29) is 11.9 Å². The summed E-state index contributed by atoms with van der Waals surface area (Å²) in [5, 5.41) is 0. The third-order valence-electron chi connectivity index (χ3n) is 5.18. The van der Waals surface area contributed by atoms with Crippen LogP contribution in [0.3, 0.4) is 0 Å². The van der Waals surface area contributed by atoms with E-state index >= 15 is 0 Å². The van der Waals surface area contributed by atoms with E-state index in [4.69, 9.17) is 4.74 Å². The molecule has 0 bridgehead atoms. The average Bonchev–Trinajstić information content (AvgIpc) is 2.95. The largest absolute Gasteiger partial charge is 0.450 e. The fraction of sp³-hybridized carbons (Fsp3) is 0.333. The number of ether oxygens (including phenoxy) is 1. The molecule has 2 aliphatic heterocycles. The molecule has 1 spiro atoms. The van der Waals surface area contributed by atoms with Crippen molar-refractivity contribution >= 4 is 23.6 Å². The van der Waals surface area contributed by atoms with Gasteiger partial charge in [0.15, 0.2) is 0 Å². The maximum atomic E-state index is 12.5. The molecular formula is C21H21NO3S. The van der Waals surface area contributed by atoms with Crippen LogP contribution in [-0.4, -0.2) is 35.6 Å². The SMILES string of the molecule is O=C1OC2(CCN(C(=O)CCSc3ccccc3)CC2)c2ccccc21. The van der Waals surface area contributed by atoms with E-state index in [1.54, 1.807) is 11.8 Å². The Labute approximate surface area is 157 Å². The summed E-state index contributed by atoms with van der Waals surface area (Å²) in [5.41, 5.74) is 1.12. The average molecular weight is 367 g/mol. The number of hydrogen-bond acceptors (Lipinski definition) is 4. The molecule has 0 unspecified atom stereocenters. The highest BCUT2D eigenvalue weighted by Crippen LogP contribution is 2.44. The zero-order valence-corrected chi connectivity index (χ0v) is 15.3. The van der Waals surface area contributed by atoms with Gasteiger partial charge in [-0.25, -0.2) is 4.79 Å². The second-order valence-corrected chi connectivity index (χ2v) is 7.89. The number of nitrogens with zero attached hydrogens (tertiary/aromatic N) is 1. The first-order chi connectivity index (χ1) is 12.7. The van der Waals surface area contributed by atoms with Crippen LogP contribution in [0.2, 0.25) is 0 Å². The predicted octanol–water partition coefficient (Wildman–Crippen LogP) is 3.86. The molecule has 4 rings (SSSR count). The van der Waals surface area contributed by atoms with Crippen LogP contribution in [0.15, 0.2) is 59.5 Å². The summed E-state index contributed by atoms with van der Waals surface area (Å²) in [6, 6.07) is 17.7. The van der Waals surface area contributed by atoms with Gasteiger partial charge >= 0.3 is 5.97 Å². The molecule has 0 radical (unpaired) electrons. The molecule has 4 nitrogen and oxygen atoms in total. The molecule has 5 heteroatoms. The zero-order valence-electron chi connectivity index (χ0n) is 14.5. The number of piperidine rings is 1. The van der Waals surface area contributed by atoms with Crippen molar-refractivity contribution in [2.24, 2.45) is 0 Å². The van der Waals surface area contributed by atoms with Gasteiger partial charge in [0.1, 0.15) is 5.60 Å². The normalized spacial score (nSPS) is 17.8. The molecule has 2 aromatic carbocycles. The van der Waals surface area contributed by atoms with Crippen molar-refractivity contribution in [3.63, 3.8) is 0 Å². The van der Waals surface area contributed by atoms with Crippen LogP contribution in [0.1, 0.15) is 35.2 Å². The Morgan fingerprint density at radius 3 is 2.50 bits per heavy atom. The van der Waals surface area contributed by atoms with Gasteiger partial charge in [0, 0.05) is 48.6 Å². The molecule has 0 N–H and O–H groups in total. The van der Waals surface area contributed by atoms with Gasteiger partial charge in [-0.05, 0) is 18.2 Å². The highest BCUT2D eigenvalue weighted by molar-refractivity contribution is 7.99. The van der Waals surface area contributed by atoms with Gasteiger partial charge in [-0.2, -0.15) is 0 Å². The number of esters is 1. The summed E-state index contributed by atoms with van der Waals surface area (Å²) < 4.78 is 5.75. The lowest BCUT2D eigenvalue weighted by atomic mass is 9.84. The van der Waals surface area contributed by atoms with E-state index in [1.807, 2.05) is 47.4 Å². The molecule has 1 amide bonds. The molecule has 2 aromatic rings. The van der Waals surface area contributed by atoms with Gasteiger partial charge < -0.3 is 9.64 Å². The van der Waals surface area contributed by atoms with Crippen molar-refractivity contribution in [3.8, 4) is 0 Å². The van der Waals surface area contributed by atoms with Gasteiger partial charge in [0.05, 0.1) is 5.56 Å². The van der Waals surface area contributed by atoms with Gasteiger partial charge in [-0.3, -0.25) is 4.79 Å². The van der Waals surface area contributed by atoms with Crippen LogP contribution >= 0.6 is 11.8 Å². The van der Waals surface area contributed by atoms with Gasteiger partial charge in [-0.1, -0.05) is 36.4 Å². The minimum absolute atomic E-state index is 0.181. The minimum Gasteiger partial charge on any atom is -0.450 e. The van der Waals surface area contributed by atoms with E-state index in [2.05, 4.69) is 12.1 Å². The Bertz CT molecular complexity index is 813. The summed E-state index contributed by atoms with van der Waals surface area (Å²) in [5.74, 6) is 0.725. The molecule has 1 fully saturated rings. The predicted molar refractivity (Wildman–Crippen MR) is 101 cm³/mol. The summed E-state index contributed by atoms with van der Waals surface area (Å²) in [7, 11) is 0. The van der Waals surface area contributed by atoms with Crippen LogP contribution in [0.25, 0.3) is 0 Å². The fourth-order valence-electron chi connectivity index (χ4n) is 3.77. The van der Waals surface area contributed by atoms with E-state index in [0.29, 0.717) is 37.9 Å². The number of amides is 1. The topological polar surface area (TPSA) is 46.6 Å². The van der Waals surface area contributed by atoms with Gasteiger partial charge in [0.2, 0.25) is 5.91 Å². The summed E-state index contributed by atoms with van der Waals surface area (Å²) in [6.07, 6.45) is 1.88. The number of hydrogen-bond donors (Lipinski definition) is 0. The monoisotopic (exact) mass is 367 g/mol. The number of fused-ring (bicyclic) bond motifs is 2. The molecule has 0 aliphatic carbocycles. The minimum atomic E-state index is -0.538. The van der Waals surface area contributed by atoms with Gasteiger partial charge in [-0.15, -0.1) is 11.8 Å². The second-order valence-electron chi connectivity index (χ2n) is 6.72. The number of benzene rings is 2. The third-order valence-corrected chi connectivity index (χ3v) is 6.19. The molecule has 134 valence electrons. The second kappa shape index (κ2) is 7.16. The standard InChI is InChI=1S/C21H21NO3S/c23-19(10-15-26-16-6-2-1-3-7-16)22-13-11-21(12-14-22)18-9-5-4-8-17(18)20(24)25-21/h1-9H,10-15H2. The highest BCUT2D eigenvalue weighted by Gasteiger charge is 2.47. The Balaban J connectivity index is 1.33. The molecule has 26 heavy (non-hydrogen) atoms. The number of rotatable bonds is 4. The lowest BCUT2D eigenvalue weighted by Crippen LogP contribution is -2.45. The lowest BCUT2D eigenvalue weighted by Gasteiger charge is -2.38. The Morgan fingerprint density at radius 1 is 1.04 bits per heavy atom. The van der Waals surface area contributed by atoms with Crippen molar-refractivity contribution < 1.29 is 14.3 Å². The molecule has 0 atom stereocenters. The fourth-order valence-corrected chi connectivity index (χ4v) is 4.63. The number of carbonyl (C=O) groups is 2. The quantitative estimate of drug-likeness (QED) is 0.608. The summed E-state index contributed by atoms with van der Waals surface area (Å²) >= 11 is 1.71. The van der Waals surface area contributed by atoms with Crippen molar-refractivity contribution in [2.45, 2.75) is 29.8 Å². The molecule has 0 aromatic heterocycles. The first kappa shape index (κ1) is 17.2. The van der Waals surface area contributed by atoms with Gasteiger partial charge in [0.25, 0.3) is 0 Å². The van der Waals surface area contributed by atoms with Crippen LogP contribution < -0.4 is 0 Å². The van der Waals surface area contributed by atoms with Crippen molar-refractivity contribution in [2.75, 3.05) is 18.8 Å². The Hall–Kier alpha value is -2.27. The van der Waals surface area contributed by atoms with Crippen LogP contribution in [-0.2, 0) is 15.1 Å². The summed E-state index contributed by atoms with van der Waals surface area (Å²) in [4.78, 5) is 27.7. The van der Waals surface area contributed by atoms with Crippen molar-refractivity contribution in [1.29, 1.82) is 0 Å². The highest BCUT2D eigenvalue weighted by atomic mass is 32.2. The first-order valence-corrected chi connectivity index (χ1v) is 9.95. The van der Waals surface area contributed by atoms with E-state index in [9.17, 15) is 9.59 Å². The smallest absolute Gasteiger partial charge is 0.339 e. The van der Waals surface area contributed by atoms with Crippen LogP contribution in [0.4, 0.5) is 0 Å². The number of thioether (sulfide) groups is 1. The van der Waals surface area contributed by atoms with Crippen molar-refractivity contribution in [3.05, 3.63) is 65.7 Å². The number of carbonyl (C=O) groups excluding carboxylic acids is 2. The molecule has 2 aliphatic rings. The number of likely N-dealkylation sites (tertiary alicyclic amines) is 1. The Kier molecular flexibility index (Phi) is 4.72. The lowest BCUT2D eigenvalue weighted by molar-refractivity contribution is -0.135.